The lowest BCUT2D eigenvalue weighted by atomic mass is 10.0. The fourth-order valence-electron chi connectivity index (χ4n) is 2.24. The van der Waals surface area contributed by atoms with Crippen LogP contribution < -0.4 is 0 Å². The zero-order chi connectivity index (χ0) is 12.0. The number of hydrogen-bond donors (Lipinski definition) is 1. The Kier molecular flexibility index (Phi) is 2.15. The lowest BCUT2D eigenvalue weighted by Gasteiger charge is -2.08. The fraction of sp³-hybridized carbons (Fsp3) is 0.286. The van der Waals surface area contributed by atoms with Crippen molar-refractivity contribution in [1.29, 1.82) is 0 Å². The van der Waals surface area contributed by atoms with Crippen LogP contribution in [0.1, 0.15) is 40.4 Å². The van der Waals surface area contributed by atoms with E-state index in [0.29, 0.717) is 11.5 Å². The van der Waals surface area contributed by atoms with Crippen molar-refractivity contribution < 1.29 is 9.90 Å². The highest BCUT2D eigenvalue weighted by Gasteiger charge is 2.27. The SMILES string of the molecule is Cc1cccc2nc(C3CC3)cc(C(=O)O)c12. The van der Waals surface area contributed by atoms with E-state index in [9.17, 15) is 9.90 Å². The van der Waals surface area contributed by atoms with Gasteiger partial charge in [0.05, 0.1) is 11.1 Å². The second-order valence-electron chi connectivity index (χ2n) is 4.64. The number of hydrogen-bond acceptors (Lipinski definition) is 2. The molecule has 3 heteroatoms. The Morgan fingerprint density at radius 1 is 1.41 bits per heavy atom. The van der Waals surface area contributed by atoms with E-state index in [2.05, 4.69) is 4.98 Å². The van der Waals surface area contributed by atoms with Gasteiger partial charge in [-0.05, 0) is 37.5 Å². The van der Waals surface area contributed by atoms with Crippen molar-refractivity contribution in [1.82, 2.24) is 4.98 Å². The molecule has 0 spiro atoms. The fourth-order valence-corrected chi connectivity index (χ4v) is 2.24. The van der Waals surface area contributed by atoms with Gasteiger partial charge in [0.2, 0.25) is 0 Å². The number of carboxylic acid groups (broad SMARTS) is 1. The summed E-state index contributed by atoms with van der Waals surface area (Å²) in [5.41, 5.74) is 3.08. The van der Waals surface area contributed by atoms with Crippen LogP contribution in [0.2, 0.25) is 0 Å². The molecule has 1 fully saturated rings. The molecule has 0 bridgehead atoms. The monoisotopic (exact) mass is 227 g/mol. The second-order valence-corrected chi connectivity index (χ2v) is 4.64. The topological polar surface area (TPSA) is 50.2 Å². The second kappa shape index (κ2) is 3.55. The Hall–Kier alpha value is -1.90. The molecule has 0 unspecified atom stereocenters. The van der Waals surface area contributed by atoms with Crippen LogP contribution in [0.3, 0.4) is 0 Å². The van der Waals surface area contributed by atoms with Crippen LogP contribution in [0.15, 0.2) is 24.3 Å². The summed E-state index contributed by atoms with van der Waals surface area (Å²) in [7, 11) is 0. The highest BCUT2D eigenvalue weighted by molar-refractivity contribution is 6.04. The molecule has 1 heterocycles. The van der Waals surface area contributed by atoms with Crippen LogP contribution in [-0.4, -0.2) is 16.1 Å². The van der Waals surface area contributed by atoms with Gasteiger partial charge in [-0.2, -0.15) is 0 Å². The number of aromatic carboxylic acids is 1. The van der Waals surface area contributed by atoms with Crippen LogP contribution in [0, 0.1) is 6.92 Å². The summed E-state index contributed by atoms with van der Waals surface area (Å²) in [6.45, 7) is 1.92. The number of aryl methyl sites for hydroxylation is 1. The molecule has 1 aliphatic rings. The summed E-state index contributed by atoms with van der Waals surface area (Å²) >= 11 is 0. The number of aromatic nitrogens is 1. The first-order valence-corrected chi connectivity index (χ1v) is 5.80. The number of pyridine rings is 1. The first-order chi connectivity index (χ1) is 8.16. The lowest BCUT2D eigenvalue weighted by Crippen LogP contribution is -2.02. The molecule has 0 aliphatic heterocycles. The predicted molar refractivity (Wildman–Crippen MR) is 65.4 cm³/mol. The third-order valence-corrected chi connectivity index (χ3v) is 3.29. The van der Waals surface area contributed by atoms with Gasteiger partial charge < -0.3 is 5.11 Å². The van der Waals surface area contributed by atoms with Gasteiger partial charge in [-0.1, -0.05) is 12.1 Å². The Balaban J connectivity index is 2.35. The van der Waals surface area contributed by atoms with E-state index in [1.807, 2.05) is 25.1 Å². The molecule has 1 aromatic heterocycles. The number of fused-ring (bicyclic) bond motifs is 1. The van der Waals surface area contributed by atoms with Crippen LogP contribution in [-0.2, 0) is 0 Å². The molecule has 1 aromatic carbocycles. The zero-order valence-corrected chi connectivity index (χ0v) is 9.60. The van der Waals surface area contributed by atoms with E-state index in [-0.39, 0.29) is 0 Å². The van der Waals surface area contributed by atoms with Gasteiger partial charge >= 0.3 is 5.97 Å². The molecule has 86 valence electrons. The molecule has 0 saturated heterocycles. The van der Waals surface area contributed by atoms with E-state index in [4.69, 9.17) is 0 Å². The van der Waals surface area contributed by atoms with E-state index in [1.165, 1.54) is 0 Å². The number of carbonyl (C=O) groups is 1. The Bertz CT molecular complexity index is 615. The summed E-state index contributed by atoms with van der Waals surface area (Å²) in [6, 6.07) is 7.48. The summed E-state index contributed by atoms with van der Waals surface area (Å²) in [4.78, 5) is 15.9. The quantitative estimate of drug-likeness (QED) is 0.857. The number of carboxylic acids is 1. The molecule has 0 amide bonds. The maximum atomic E-state index is 11.3. The van der Waals surface area contributed by atoms with Crippen molar-refractivity contribution in [3.8, 4) is 0 Å². The lowest BCUT2D eigenvalue weighted by molar-refractivity contribution is 0.0699. The van der Waals surface area contributed by atoms with E-state index in [0.717, 1.165) is 35.0 Å². The maximum absolute atomic E-state index is 11.3. The molecule has 1 aliphatic carbocycles. The average molecular weight is 227 g/mol. The van der Waals surface area contributed by atoms with Crippen molar-refractivity contribution >= 4 is 16.9 Å². The van der Waals surface area contributed by atoms with Gasteiger partial charge in [-0.3, -0.25) is 4.98 Å². The molecule has 0 atom stereocenters. The third kappa shape index (κ3) is 1.68. The van der Waals surface area contributed by atoms with Crippen LogP contribution in [0.25, 0.3) is 10.9 Å². The minimum absolute atomic E-state index is 0.384. The van der Waals surface area contributed by atoms with E-state index < -0.39 is 5.97 Å². The van der Waals surface area contributed by atoms with E-state index in [1.54, 1.807) is 6.07 Å². The third-order valence-electron chi connectivity index (χ3n) is 3.29. The van der Waals surface area contributed by atoms with Crippen LogP contribution in [0.5, 0.6) is 0 Å². The largest absolute Gasteiger partial charge is 0.478 e. The van der Waals surface area contributed by atoms with Gasteiger partial charge in [-0.15, -0.1) is 0 Å². The molecule has 1 N–H and O–H groups in total. The average Bonchev–Trinajstić information content (AvgIpc) is 3.11. The maximum Gasteiger partial charge on any atom is 0.336 e. The van der Waals surface area contributed by atoms with Gasteiger partial charge in [0.1, 0.15) is 0 Å². The van der Waals surface area contributed by atoms with Crippen molar-refractivity contribution in [3.63, 3.8) is 0 Å². The van der Waals surface area contributed by atoms with Crippen LogP contribution in [0.4, 0.5) is 0 Å². The van der Waals surface area contributed by atoms with Gasteiger partial charge in [0, 0.05) is 17.0 Å². The molecule has 17 heavy (non-hydrogen) atoms. The highest BCUT2D eigenvalue weighted by Crippen LogP contribution is 2.40. The standard InChI is InChI=1S/C14H13NO2/c1-8-3-2-4-11-13(8)10(14(16)17)7-12(15-11)9-5-6-9/h2-4,7,9H,5-6H2,1H3,(H,16,17). The minimum Gasteiger partial charge on any atom is -0.478 e. The van der Waals surface area contributed by atoms with Crippen molar-refractivity contribution in [3.05, 3.63) is 41.1 Å². The summed E-state index contributed by atoms with van der Waals surface area (Å²) in [6.07, 6.45) is 2.26. The number of benzene rings is 1. The molecule has 1 saturated carbocycles. The van der Waals surface area contributed by atoms with E-state index >= 15 is 0 Å². The molecule has 3 rings (SSSR count). The predicted octanol–water partition coefficient (Wildman–Crippen LogP) is 3.12. The van der Waals surface area contributed by atoms with Gasteiger partial charge in [-0.25, -0.2) is 4.79 Å². The smallest absolute Gasteiger partial charge is 0.336 e. The van der Waals surface area contributed by atoms with Gasteiger partial charge in [0.25, 0.3) is 0 Å². The van der Waals surface area contributed by atoms with Crippen molar-refractivity contribution in [2.24, 2.45) is 0 Å². The first-order valence-electron chi connectivity index (χ1n) is 5.80. The molecule has 3 nitrogen and oxygen atoms in total. The van der Waals surface area contributed by atoms with Crippen molar-refractivity contribution in [2.45, 2.75) is 25.7 Å². The first kappa shape index (κ1) is 10.3. The highest BCUT2D eigenvalue weighted by atomic mass is 16.4. The minimum atomic E-state index is -0.867. The Labute approximate surface area is 99.1 Å². The molecular formula is C14H13NO2. The summed E-state index contributed by atoms with van der Waals surface area (Å²) in [5.74, 6) is -0.397. The normalized spacial score (nSPS) is 15.1. The zero-order valence-electron chi connectivity index (χ0n) is 9.60. The Morgan fingerprint density at radius 2 is 2.18 bits per heavy atom. The van der Waals surface area contributed by atoms with Crippen LogP contribution >= 0.6 is 0 Å². The summed E-state index contributed by atoms with van der Waals surface area (Å²) < 4.78 is 0. The summed E-state index contributed by atoms with van der Waals surface area (Å²) in [5, 5.41) is 10.1. The molecular weight excluding hydrogens is 214 g/mol. The Morgan fingerprint density at radius 3 is 2.82 bits per heavy atom. The molecule has 2 aromatic rings. The molecule has 0 radical (unpaired) electrons. The number of nitrogens with zero attached hydrogens (tertiary/aromatic N) is 1. The van der Waals surface area contributed by atoms with Crippen molar-refractivity contribution in [2.75, 3.05) is 0 Å². The van der Waals surface area contributed by atoms with Gasteiger partial charge in [0.15, 0.2) is 0 Å². The number of rotatable bonds is 2.